The molecule has 1 aromatic rings. The molecular weight excluding hydrogens is 253 g/mol. The van der Waals surface area contributed by atoms with Crippen LogP contribution in [0.25, 0.3) is 0 Å². The lowest BCUT2D eigenvalue weighted by Gasteiger charge is -2.16. The Hall–Kier alpha value is -2.11. The summed E-state index contributed by atoms with van der Waals surface area (Å²) in [6.07, 6.45) is 0. The van der Waals surface area contributed by atoms with E-state index in [9.17, 15) is 14.0 Å². The largest absolute Gasteiger partial charge is 0.497 e. The van der Waals surface area contributed by atoms with Crippen LogP contribution in [0.15, 0.2) is 24.3 Å². The molecule has 5 nitrogen and oxygen atoms in total. The molecule has 6 heteroatoms. The Morgan fingerprint density at radius 3 is 2.37 bits per heavy atom. The zero-order valence-corrected chi connectivity index (χ0v) is 10.7. The molecule has 0 bridgehead atoms. The molecule has 104 valence electrons. The molecule has 0 saturated carbocycles. The summed E-state index contributed by atoms with van der Waals surface area (Å²) in [5.41, 5.74) is 0.696. The minimum Gasteiger partial charge on any atom is -0.497 e. The molecule has 0 fully saturated rings. The van der Waals surface area contributed by atoms with Crippen LogP contribution >= 0.6 is 0 Å². The van der Waals surface area contributed by atoms with E-state index in [1.54, 1.807) is 31.2 Å². The van der Waals surface area contributed by atoms with Gasteiger partial charge in [0.25, 0.3) is 0 Å². The van der Waals surface area contributed by atoms with Crippen molar-refractivity contribution in [2.45, 2.75) is 18.9 Å². The van der Waals surface area contributed by atoms with Gasteiger partial charge in [0.2, 0.25) is 5.91 Å². The number of rotatable bonds is 6. The number of carboxylic acid groups (broad SMARTS) is 1. The van der Waals surface area contributed by atoms with Crippen LogP contribution in [0.2, 0.25) is 0 Å². The van der Waals surface area contributed by atoms with Gasteiger partial charge >= 0.3 is 5.97 Å². The van der Waals surface area contributed by atoms with Gasteiger partial charge in [0.1, 0.15) is 12.4 Å². The number of nitrogens with one attached hydrogen (secondary N) is 1. The summed E-state index contributed by atoms with van der Waals surface area (Å²) >= 11 is 0. The first-order valence-corrected chi connectivity index (χ1v) is 5.72. The number of benzene rings is 1. The number of carbonyl (C=O) groups excluding carboxylic acids is 1. The van der Waals surface area contributed by atoms with E-state index in [-0.39, 0.29) is 0 Å². The molecular formula is C13H16FNO4. The number of ether oxygens (including phenoxy) is 1. The lowest BCUT2D eigenvalue weighted by atomic mass is 10.00. The van der Waals surface area contributed by atoms with Crippen LogP contribution in [0.5, 0.6) is 5.75 Å². The van der Waals surface area contributed by atoms with Crippen molar-refractivity contribution < 1.29 is 23.8 Å². The Balaban J connectivity index is 2.72. The predicted molar refractivity (Wildman–Crippen MR) is 67.0 cm³/mol. The molecule has 1 rings (SSSR count). The first-order valence-electron chi connectivity index (χ1n) is 5.72. The van der Waals surface area contributed by atoms with Crippen molar-refractivity contribution in [3.8, 4) is 5.75 Å². The number of aliphatic carboxylic acids is 1. The van der Waals surface area contributed by atoms with E-state index in [1.165, 1.54) is 7.11 Å². The highest BCUT2D eigenvalue weighted by atomic mass is 19.1. The van der Waals surface area contributed by atoms with Gasteiger partial charge in [-0.1, -0.05) is 12.1 Å². The van der Waals surface area contributed by atoms with Crippen molar-refractivity contribution in [3.63, 3.8) is 0 Å². The fourth-order valence-corrected chi connectivity index (χ4v) is 1.51. The molecule has 2 atom stereocenters. The van der Waals surface area contributed by atoms with Crippen molar-refractivity contribution in [1.29, 1.82) is 0 Å². The van der Waals surface area contributed by atoms with E-state index < -0.39 is 30.5 Å². The Labute approximate surface area is 110 Å². The Morgan fingerprint density at radius 1 is 1.37 bits per heavy atom. The smallest absolute Gasteiger partial charge is 0.328 e. The van der Waals surface area contributed by atoms with Gasteiger partial charge in [-0.3, -0.25) is 4.79 Å². The molecule has 0 heterocycles. The minimum absolute atomic E-state index is 0.532. The van der Waals surface area contributed by atoms with E-state index in [0.717, 1.165) is 0 Å². The topological polar surface area (TPSA) is 75.6 Å². The highest BCUT2D eigenvalue weighted by Crippen LogP contribution is 2.19. The second-order valence-corrected chi connectivity index (χ2v) is 4.05. The lowest BCUT2D eigenvalue weighted by molar-refractivity contribution is -0.142. The number of halogens is 1. The van der Waals surface area contributed by atoms with E-state index >= 15 is 0 Å². The third kappa shape index (κ3) is 3.94. The van der Waals surface area contributed by atoms with Crippen molar-refractivity contribution in [2.75, 3.05) is 13.8 Å². The zero-order chi connectivity index (χ0) is 14.4. The summed E-state index contributed by atoms with van der Waals surface area (Å²) in [5, 5.41) is 10.8. The van der Waals surface area contributed by atoms with Crippen LogP contribution in [0.1, 0.15) is 18.4 Å². The second kappa shape index (κ2) is 6.72. The first kappa shape index (κ1) is 14.9. The number of methoxy groups -OCH3 is 1. The summed E-state index contributed by atoms with van der Waals surface area (Å²) in [5.74, 6) is -1.84. The van der Waals surface area contributed by atoms with E-state index in [4.69, 9.17) is 9.84 Å². The highest BCUT2D eigenvalue weighted by molar-refractivity contribution is 5.87. The number of amides is 1. The number of alkyl halides is 1. The average molecular weight is 269 g/mol. The van der Waals surface area contributed by atoms with Crippen LogP contribution in [0.3, 0.4) is 0 Å². The molecule has 0 aromatic heterocycles. The zero-order valence-electron chi connectivity index (χ0n) is 10.7. The summed E-state index contributed by atoms with van der Waals surface area (Å²) in [7, 11) is 1.53. The van der Waals surface area contributed by atoms with Crippen LogP contribution < -0.4 is 10.1 Å². The molecule has 19 heavy (non-hydrogen) atoms. The van der Waals surface area contributed by atoms with Crippen molar-refractivity contribution >= 4 is 11.9 Å². The molecule has 1 aromatic carbocycles. The highest BCUT2D eigenvalue weighted by Gasteiger charge is 2.23. The summed E-state index contributed by atoms with van der Waals surface area (Å²) in [4.78, 5) is 22.4. The first-order chi connectivity index (χ1) is 8.99. The van der Waals surface area contributed by atoms with Gasteiger partial charge in [0.15, 0.2) is 6.04 Å². The molecule has 2 unspecified atom stereocenters. The van der Waals surface area contributed by atoms with Gasteiger partial charge in [-0.15, -0.1) is 0 Å². The van der Waals surface area contributed by atoms with Gasteiger partial charge in [-0.2, -0.15) is 0 Å². The van der Waals surface area contributed by atoms with Crippen molar-refractivity contribution in [2.24, 2.45) is 0 Å². The molecule has 0 aliphatic heterocycles. The number of hydrogen-bond acceptors (Lipinski definition) is 3. The molecule has 0 radical (unpaired) electrons. The van der Waals surface area contributed by atoms with Gasteiger partial charge in [-0.05, 0) is 24.6 Å². The maximum absolute atomic E-state index is 12.4. The molecule has 0 aliphatic rings. The van der Waals surface area contributed by atoms with Crippen molar-refractivity contribution in [3.05, 3.63) is 29.8 Å². The van der Waals surface area contributed by atoms with Gasteiger partial charge in [-0.25, -0.2) is 9.18 Å². The molecule has 1 amide bonds. The van der Waals surface area contributed by atoms with Crippen LogP contribution in [-0.4, -0.2) is 36.8 Å². The third-order valence-electron chi connectivity index (χ3n) is 2.78. The molecule has 0 spiro atoms. The van der Waals surface area contributed by atoms with Crippen molar-refractivity contribution in [1.82, 2.24) is 5.32 Å². The summed E-state index contributed by atoms with van der Waals surface area (Å²) in [6.45, 7) is 0.477. The number of carbonyl (C=O) groups is 2. The lowest BCUT2D eigenvalue weighted by Crippen LogP contribution is -2.44. The maximum atomic E-state index is 12.4. The molecule has 0 saturated heterocycles. The second-order valence-electron chi connectivity index (χ2n) is 4.05. The minimum atomic E-state index is -1.51. The summed E-state index contributed by atoms with van der Waals surface area (Å²) in [6, 6.07) is 5.29. The van der Waals surface area contributed by atoms with Crippen LogP contribution in [0.4, 0.5) is 4.39 Å². The predicted octanol–water partition coefficient (Wildman–Crippen LogP) is 1.34. The fraction of sp³-hybridized carbons (Fsp3) is 0.385. The number of hydrogen-bond donors (Lipinski definition) is 2. The summed E-state index contributed by atoms with van der Waals surface area (Å²) < 4.78 is 17.4. The maximum Gasteiger partial charge on any atom is 0.328 e. The van der Waals surface area contributed by atoms with Crippen LogP contribution in [0, 0.1) is 0 Å². The van der Waals surface area contributed by atoms with Gasteiger partial charge < -0.3 is 15.2 Å². The van der Waals surface area contributed by atoms with E-state index in [2.05, 4.69) is 5.32 Å². The average Bonchev–Trinajstić information content (AvgIpc) is 2.43. The van der Waals surface area contributed by atoms with Gasteiger partial charge in [0, 0.05) is 0 Å². The Bertz CT molecular complexity index is 446. The Kier molecular flexibility index (Phi) is 5.29. The Morgan fingerprint density at radius 2 is 1.95 bits per heavy atom. The third-order valence-corrected chi connectivity index (χ3v) is 2.78. The number of carboxylic acids is 1. The molecule has 2 N–H and O–H groups in total. The quantitative estimate of drug-likeness (QED) is 0.817. The monoisotopic (exact) mass is 269 g/mol. The molecule has 0 aliphatic carbocycles. The SMILES string of the molecule is COc1ccc(C(C)C(=O)NC(CF)C(=O)O)cc1. The fourth-order valence-electron chi connectivity index (χ4n) is 1.51. The normalized spacial score (nSPS) is 13.4. The van der Waals surface area contributed by atoms with Gasteiger partial charge in [0.05, 0.1) is 13.0 Å². The van der Waals surface area contributed by atoms with E-state index in [1.807, 2.05) is 0 Å². The standard InChI is InChI=1S/C13H16FNO4/c1-8(9-3-5-10(19-2)6-4-9)12(16)15-11(7-14)13(17)18/h3-6,8,11H,7H2,1-2H3,(H,15,16)(H,17,18). The van der Waals surface area contributed by atoms with Crippen LogP contribution in [-0.2, 0) is 9.59 Å². The van der Waals surface area contributed by atoms with E-state index in [0.29, 0.717) is 11.3 Å².